The summed E-state index contributed by atoms with van der Waals surface area (Å²) >= 11 is 0. The van der Waals surface area contributed by atoms with Gasteiger partial charge in [0, 0.05) is 17.3 Å². The Bertz CT molecular complexity index is 1370. The monoisotopic (exact) mass is 485 g/mol. The molecule has 0 saturated heterocycles. The summed E-state index contributed by atoms with van der Waals surface area (Å²) in [6, 6.07) is 16.4. The van der Waals surface area contributed by atoms with Crippen LogP contribution in [0, 0.1) is 0 Å². The highest BCUT2D eigenvalue weighted by Crippen LogP contribution is 2.30. The number of ketones is 1. The first kappa shape index (κ1) is 23.5. The lowest BCUT2D eigenvalue weighted by atomic mass is 10.1. The Morgan fingerprint density at radius 2 is 1.81 bits per heavy atom. The second kappa shape index (κ2) is 10.2. The van der Waals surface area contributed by atoms with Gasteiger partial charge >= 0.3 is 0 Å². The molecule has 1 aliphatic rings. The molecule has 1 aliphatic carbocycles. The molecule has 1 atom stereocenters. The summed E-state index contributed by atoms with van der Waals surface area (Å²) in [5.41, 5.74) is 2.36. The Labute approximate surface area is 208 Å². The van der Waals surface area contributed by atoms with Gasteiger partial charge in [0.05, 0.1) is 11.8 Å². The lowest BCUT2D eigenvalue weighted by molar-refractivity contribution is -0.127. The second-order valence-electron chi connectivity index (χ2n) is 9.01. The largest absolute Gasteiger partial charge is 0.467 e. The van der Waals surface area contributed by atoms with E-state index in [2.05, 4.69) is 15.6 Å². The molecule has 184 valence electrons. The molecule has 1 N–H and O–H groups in total. The van der Waals surface area contributed by atoms with Gasteiger partial charge in [-0.3, -0.25) is 19.3 Å². The van der Waals surface area contributed by atoms with Crippen LogP contribution in [0.15, 0.2) is 71.3 Å². The average Bonchev–Trinajstić information content (AvgIpc) is 3.66. The third kappa shape index (κ3) is 4.77. The number of carbonyl (C=O) groups excluding carboxylic acids is 3. The van der Waals surface area contributed by atoms with Gasteiger partial charge in [0.15, 0.2) is 11.8 Å². The smallest absolute Gasteiger partial charge is 0.251 e. The predicted molar refractivity (Wildman–Crippen MR) is 133 cm³/mol. The maximum atomic E-state index is 13.9. The van der Waals surface area contributed by atoms with E-state index in [-0.39, 0.29) is 30.2 Å². The van der Waals surface area contributed by atoms with Crippen LogP contribution >= 0.6 is 0 Å². The first-order chi connectivity index (χ1) is 17.5. The van der Waals surface area contributed by atoms with Crippen molar-refractivity contribution in [2.45, 2.75) is 51.2 Å². The zero-order chi connectivity index (χ0) is 25.1. The minimum atomic E-state index is -1.04. The van der Waals surface area contributed by atoms with E-state index in [4.69, 9.17) is 4.42 Å². The van der Waals surface area contributed by atoms with Crippen molar-refractivity contribution in [3.63, 3.8) is 0 Å². The number of para-hydroxylation sites is 1. The lowest BCUT2D eigenvalue weighted by Crippen LogP contribution is -2.47. The number of nitrogens with one attached hydrogen (secondary N) is 1. The Morgan fingerprint density at radius 3 is 2.50 bits per heavy atom. The Kier molecular flexibility index (Phi) is 6.62. The summed E-state index contributed by atoms with van der Waals surface area (Å²) in [5.74, 6) is -0.429. The number of anilines is 1. The van der Waals surface area contributed by atoms with E-state index in [9.17, 15) is 14.4 Å². The number of rotatable bonds is 8. The molecule has 1 saturated carbocycles. The van der Waals surface area contributed by atoms with Crippen LogP contribution in [-0.4, -0.2) is 38.6 Å². The highest BCUT2D eigenvalue weighted by molar-refractivity contribution is 6.02. The van der Waals surface area contributed by atoms with Gasteiger partial charge in [-0.1, -0.05) is 30.2 Å². The molecule has 0 unspecified atom stereocenters. The third-order valence-corrected chi connectivity index (χ3v) is 6.55. The molecular formula is C27H27N5O4. The van der Waals surface area contributed by atoms with Crippen molar-refractivity contribution in [3.05, 3.63) is 78.3 Å². The van der Waals surface area contributed by atoms with Crippen molar-refractivity contribution in [1.29, 1.82) is 0 Å². The van der Waals surface area contributed by atoms with E-state index >= 15 is 0 Å². The van der Waals surface area contributed by atoms with E-state index in [0.717, 1.165) is 25.7 Å². The topological polar surface area (TPSA) is 110 Å². The van der Waals surface area contributed by atoms with Crippen molar-refractivity contribution in [3.8, 4) is 0 Å². The van der Waals surface area contributed by atoms with Gasteiger partial charge in [0.2, 0.25) is 5.91 Å². The zero-order valence-corrected chi connectivity index (χ0v) is 20.0. The fourth-order valence-corrected chi connectivity index (χ4v) is 4.70. The minimum absolute atomic E-state index is 0.0614. The highest BCUT2D eigenvalue weighted by Gasteiger charge is 2.36. The van der Waals surface area contributed by atoms with E-state index in [1.165, 1.54) is 22.8 Å². The first-order valence-corrected chi connectivity index (χ1v) is 12.1. The molecule has 4 aromatic rings. The maximum Gasteiger partial charge on any atom is 0.251 e. The van der Waals surface area contributed by atoms with Crippen LogP contribution in [0.5, 0.6) is 0 Å². The van der Waals surface area contributed by atoms with Gasteiger partial charge < -0.3 is 9.73 Å². The minimum Gasteiger partial charge on any atom is -0.467 e. The molecule has 9 heteroatoms. The van der Waals surface area contributed by atoms with E-state index < -0.39 is 6.04 Å². The van der Waals surface area contributed by atoms with Crippen LogP contribution in [0.3, 0.4) is 0 Å². The normalized spacial score (nSPS) is 14.6. The SMILES string of the molecule is CC(=O)c1ccc(N(C(=O)Cn2nnc3ccccc32)[C@@H](C(=O)NC2CCCC2)c2ccco2)cc1. The van der Waals surface area contributed by atoms with Gasteiger partial charge in [-0.05, 0) is 68.3 Å². The molecule has 2 heterocycles. The number of Topliss-reactive ketones (excluding diaryl/α,β-unsaturated/α-hetero) is 1. The summed E-state index contributed by atoms with van der Waals surface area (Å²) in [6.45, 7) is 1.34. The van der Waals surface area contributed by atoms with Crippen LogP contribution in [0.2, 0.25) is 0 Å². The van der Waals surface area contributed by atoms with Crippen molar-refractivity contribution >= 4 is 34.3 Å². The van der Waals surface area contributed by atoms with Gasteiger partial charge in [0.1, 0.15) is 17.8 Å². The molecule has 0 spiro atoms. The molecule has 2 aromatic carbocycles. The van der Waals surface area contributed by atoms with Crippen LogP contribution in [0.25, 0.3) is 11.0 Å². The molecule has 2 amide bonds. The molecular weight excluding hydrogens is 458 g/mol. The van der Waals surface area contributed by atoms with Crippen LogP contribution in [0.4, 0.5) is 5.69 Å². The van der Waals surface area contributed by atoms with Crippen molar-refractivity contribution in [1.82, 2.24) is 20.3 Å². The number of benzene rings is 2. The quantitative estimate of drug-likeness (QED) is 0.377. The number of fused-ring (bicyclic) bond motifs is 1. The van der Waals surface area contributed by atoms with Gasteiger partial charge in [-0.25, -0.2) is 4.68 Å². The van der Waals surface area contributed by atoms with Crippen molar-refractivity contribution < 1.29 is 18.8 Å². The fourth-order valence-electron chi connectivity index (χ4n) is 4.70. The Balaban J connectivity index is 1.54. The molecule has 5 rings (SSSR count). The average molecular weight is 486 g/mol. The summed E-state index contributed by atoms with van der Waals surface area (Å²) in [7, 11) is 0. The van der Waals surface area contributed by atoms with Gasteiger partial charge in [-0.15, -0.1) is 5.10 Å². The van der Waals surface area contributed by atoms with Crippen LogP contribution in [0.1, 0.15) is 54.8 Å². The van der Waals surface area contributed by atoms with Crippen molar-refractivity contribution in [2.75, 3.05) is 4.90 Å². The van der Waals surface area contributed by atoms with E-state index in [1.807, 2.05) is 24.3 Å². The predicted octanol–water partition coefficient (Wildman–Crippen LogP) is 4.06. The lowest BCUT2D eigenvalue weighted by Gasteiger charge is -2.31. The second-order valence-corrected chi connectivity index (χ2v) is 9.01. The molecule has 9 nitrogen and oxygen atoms in total. The maximum absolute atomic E-state index is 13.9. The van der Waals surface area contributed by atoms with E-state index in [1.54, 1.807) is 36.4 Å². The molecule has 36 heavy (non-hydrogen) atoms. The fraction of sp³-hybridized carbons (Fsp3) is 0.296. The standard InChI is InChI=1S/C27H27N5O4/c1-18(33)19-12-14-21(15-13-19)32(25(34)17-31-23-10-5-4-9-22(23)29-30-31)26(24-11-6-16-36-24)27(35)28-20-7-2-3-8-20/h4-6,9-16,20,26H,2-3,7-8,17H2,1H3,(H,28,35)/t26-/m1/s1. The number of carbonyl (C=O) groups is 3. The van der Waals surface area contributed by atoms with E-state index in [0.29, 0.717) is 28.0 Å². The number of amides is 2. The number of nitrogens with zero attached hydrogens (tertiary/aromatic N) is 4. The van der Waals surface area contributed by atoms with Crippen molar-refractivity contribution in [2.24, 2.45) is 0 Å². The molecule has 1 fully saturated rings. The number of furan rings is 1. The third-order valence-electron chi connectivity index (χ3n) is 6.55. The summed E-state index contributed by atoms with van der Waals surface area (Å²) < 4.78 is 7.17. The Hall–Kier alpha value is -4.27. The Morgan fingerprint density at radius 1 is 1.06 bits per heavy atom. The molecule has 2 aromatic heterocycles. The summed E-state index contributed by atoms with van der Waals surface area (Å²) in [4.78, 5) is 40.8. The number of aromatic nitrogens is 3. The molecule has 0 radical (unpaired) electrons. The van der Waals surface area contributed by atoms with Gasteiger partial charge in [0.25, 0.3) is 5.91 Å². The highest BCUT2D eigenvalue weighted by atomic mass is 16.3. The zero-order valence-electron chi connectivity index (χ0n) is 20.0. The molecule has 0 aliphatic heterocycles. The summed E-state index contributed by atoms with van der Waals surface area (Å²) in [6.07, 6.45) is 5.42. The number of hydrogen-bond donors (Lipinski definition) is 1. The number of hydrogen-bond acceptors (Lipinski definition) is 6. The van der Waals surface area contributed by atoms with Crippen LogP contribution in [-0.2, 0) is 16.1 Å². The first-order valence-electron chi connectivity index (χ1n) is 12.1. The summed E-state index contributed by atoms with van der Waals surface area (Å²) in [5, 5.41) is 11.4. The van der Waals surface area contributed by atoms with Gasteiger partial charge in [-0.2, -0.15) is 0 Å². The molecule has 0 bridgehead atoms. The van der Waals surface area contributed by atoms with Crippen LogP contribution < -0.4 is 10.2 Å².